The molecule has 19 heavy (non-hydrogen) atoms. The zero-order valence-electron chi connectivity index (χ0n) is 11.1. The van der Waals surface area contributed by atoms with E-state index < -0.39 is 5.97 Å². The molecule has 0 aromatic heterocycles. The summed E-state index contributed by atoms with van der Waals surface area (Å²) in [6.07, 6.45) is 1.67. The van der Waals surface area contributed by atoms with Gasteiger partial charge in [0, 0.05) is 18.7 Å². The van der Waals surface area contributed by atoms with Gasteiger partial charge in [-0.15, -0.1) is 0 Å². The zero-order chi connectivity index (χ0) is 13.8. The molecule has 1 atom stereocenters. The number of methoxy groups -OCH3 is 1. The predicted molar refractivity (Wildman–Crippen MR) is 72.0 cm³/mol. The molecule has 0 spiro atoms. The van der Waals surface area contributed by atoms with E-state index >= 15 is 0 Å². The van der Waals surface area contributed by atoms with Crippen LogP contribution in [0.2, 0.25) is 0 Å². The fourth-order valence-corrected chi connectivity index (χ4v) is 2.59. The lowest BCUT2D eigenvalue weighted by Crippen LogP contribution is -2.35. The predicted octanol–water partition coefficient (Wildman–Crippen LogP) is 1.20. The number of carboxylic acid groups (broad SMARTS) is 1. The summed E-state index contributed by atoms with van der Waals surface area (Å²) in [5.41, 5.74) is 7.65. The van der Waals surface area contributed by atoms with E-state index in [9.17, 15) is 4.79 Å². The number of hydrogen-bond acceptors (Lipinski definition) is 4. The summed E-state index contributed by atoms with van der Waals surface area (Å²) < 4.78 is 5.30. The molecule has 1 aromatic carbocycles. The van der Waals surface area contributed by atoms with Crippen molar-refractivity contribution in [1.29, 1.82) is 0 Å². The topological polar surface area (TPSA) is 75.8 Å². The summed E-state index contributed by atoms with van der Waals surface area (Å²) in [4.78, 5) is 13.1. The van der Waals surface area contributed by atoms with Gasteiger partial charge < -0.3 is 15.6 Å². The minimum atomic E-state index is -0.733. The van der Waals surface area contributed by atoms with Gasteiger partial charge in [0.05, 0.1) is 7.11 Å². The van der Waals surface area contributed by atoms with Crippen molar-refractivity contribution in [1.82, 2.24) is 4.90 Å². The largest absolute Gasteiger partial charge is 0.496 e. The maximum Gasteiger partial charge on any atom is 0.320 e. The number of aliphatic carboxylic acids is 1. The fourth-order valence-electron chi connectivity index (χ4n) is 2.59. The second kappa shape index (κ2) is 6.04. The van der Waals surface area contributed by atoms with Crippen molar-refractivity contribution in [2.45, 2.75) is 32.0 Å². The van der Waals surface area contributed by atoms with E-state index in [2.05, 4.69) is 0 Å². The van der Waals surface area contributed by atoms with E-state index in [4.69, 9.17) is 15.6 Å². The van der Waals surface area contributed by atoms with Gasteiger partial charge in [-0.3, -0.25) is 9.69 Å². The van der Waals surface area contributed by atoms with Crippen LogP contribution in [0.3, 0.4) is 0 Å². The molecular weight excluding hydrogens is 244 g/mol. The van der Waals surface area contributed by atoms with E-state index in [1.54, 1.807) is 7.11 Å². The van der Waals surface area contributed by atoms with Gasteiger partial charge in [0.2, 0.25) is 0 Å². The van der Waals surface area contributed by atoms with Crippen molar-refractivity contribution in [3.05, 3.63) is 29.3 Å². The lowest BCUT2D eigenvalue weighted by molar-refractivity contribution is -0.142. The molecule has 0 radical (unpaired) electrons. The van der Waals surface area contributed by atoms with Gasteiger partial charge in [-0.05, 0) is 31.0 Å². The number of carbonyl (C=O) groups is 1. The average Bonchev–Trinajstić information content (AvgIpc) is 2.87. The summed E-state index contributed by atoms with van der Waals surface area (Å²) in [6.45, 7) is 1.90. The molecular formula is C14H20N2O3. The molecule has 0 bridgehead atoms. The Morgan fingerprint density at radius 2 is 2.37 bits per heavy atom. The van der Waals surface area contributed by atoms with Crippen molar-refractivity contribution >= 4 is 5.97 Å². The van der Waals surface area contributed by atoms with Gasteiger partial charge in [0.25, 0.3) is 0 Å². The van der Waals surface area contributed by atoms with Crippen LogP contribution in [-0.4, -0.2) is 35.7 Å². The Kier molecular flexibility index (Phi) is 4.39. The fraction of sp³-hybridized carbons (Fsp3) is 0.500. The van der Waals surface area contributed by atoms with Gasteiger partial charge in [-0.25, -0.2) is 0 Å². The van der Waals surface area contributed by atoms with Crippen molar-refractivity contribution in [3.63, 3.8) is 0 Å². The molecule has 1 aliphatic heterocycles. The van der Waals surface area contributed by atoms with Gasteiger partial charge in [-0.1, -0.05) is 12.1 Å². The highest BCUT2D eigenvalue weighted by molar-refractivity contribution is 5.73. The van der Waals surface area contributed by atoms with E-state index in [0.717, 1.165) is 36.3 Å². The first-order chi connectivity index (χ1) is 9.15. The number of hydrogen-bond donors (Lipinski definition) is 2. The minimum absolute atomic E-state index is 0.361. The molecule has 5 nitrogen and oxygen atoms in total. The van der Waals surface area contributed by atoms with Gasteiger partial charge >= 0.3 is 5.97 Å². The molecule has 1 fully saturated rings. The number of likely N-dealkylation sites (tertiary alicyclic amines) is 1. The number of carboxylic acids is 1. The van der Waals surface area contributed by atoms with Crippen LogP contribution in [0.15, 0.2) is 18.2 Å². The number of nitrogens with two attached hydrogens (primary N) is 1. The Balaban J connectivity index is 2.12. The normalized spacial score (nSPS) is 19.6. The molecule has 1 aliphatic rings. The van der Waals surface area contributed by atoms with Crippen LogP contribution in [0.4, 0.5) is 0 Å². The van der Waals surface area contributed by atoms with Crippen molar-refractivity contribution in [2.24, 2.45) is 5.73 Å². The van der Waals surface area contributed by atoms with Crippen LogP contribution in [0.25, 0.3) is 0 Å². The average molecular weight is 264 g/mol. The highest BCUT2D eigenvalue weighted by atomic mass is 16.5. The van der Waals surface area contributed by atoms with E-state index in [1.807, 2.05) is 23.1 Å². The second-order valence-electron chi connectivity index (χ2n) is 4.82. The number of rotatable bonds is 5. The Morgan fingerprint density at radius 3 is 3.00 bits per heavy atom. The van der Waals surface area contributed by atoms with Crippen LogP contribution in [0.1, 0.15) is 24.0 Å². The summed E-state index contributed by atoms with van der Waals surface area (Å²) in [6, 6.07) is 5.52. The van der Waals surface area contributed by atoms with Crippen molar-refractivity contribution < 1.29 is 14.6 Å². The SMILES string of the molecule is COc1cc(CN2CCCC2C(=O)O)ccc1CN. The second-order valence-corrected chi connectivity index (χ2v) is 4.82. The molecule has 104 valence electrons. The maximum absolute atomic E-state index is 11.1. The van der Waals surface area contributed by atoms with Crippen LogP contribution in [-0.2, 0) is 17.9 Å². The molecule has 2 rings (SSSR count). The number of nitrogens with zero attached hydrogens (tertiary/aromatic N) is 1. The standard InChI is InChI=1S/C14H20N2O3/c1-19-13-7-10(4-5-11(13)8-15)9-16-6-2-3-12(16)14(17)18/h4-5,7,12H,2-3,6,8-9,15H2,1H3,(H,17,18). The quantitative estimate of drug-likeness (QED) is 0.836. The summed E-state index contributed by atoms with van der Waals surface area (Å²) in [5.74, 6) is 0.0362. The van der Waals surface area contributed by atoms with E-state index in [-0.39, 0.29) is 6.04 Å². The van der Waals surface area contributed by atoms with E-state index in [1.165, 1.54) is 0 Å². The molecule has 5 heteroatoms. The van der Waals surface area contributed by atoms with E-state index in [0.29, 0.717) is 13.1 Å². The smallest absolute Gasteiger partial charge is 0.320 e. The molecule has 3 N–H and O–H groups in total. The Hall–Kier alpha value is -1.59. The highest BCUT2D eigenvalue weighted by Crippen LogP contribution is 2.24. The first-order valence-corrected chi connectivity index (χ1v) is 6.48. The van der Waals surface area contributed by atoms with Gasteiger partial charge in [-0.2, -0.15) is 0 Å². The molecule has 1 aromatic rings. The summed E-state index contributed by atoms with van der Waals surface area (Å²) >= 11 is 0. The van der Waals surface area contributed by atoms with Gasteiger partial charge in [0.1, 0.15) is 11.8 Å². The molecule has 0 amide bonds. The van der Waals surface area contributed by atoms with Crippen LogP contribution >= 0.6 is 0 Å². The van der Waals surface area contributed by atoms with Crippen LogP contribution in [0, 0.1) is 0 Å². The van der Waals surface area contributed by atoms with Crippen molar-refractivity contribution in [3.8, 4) is 5.75 Å². The lowest BCUT2D eigenvalue weighted by atomic mass is 10.1. The third-order valence-electron chi connectivity index (χ3n) is 3.61. The molecule has 1 unspecified atom stereocenters. The maximum atomic E-state index is 11.1. The monoisotopic (exact) mass is 264 g/mol. The van der Waals surface area contributed by atoms with Crippen LogP contribution in [0.5, 0.6) is 5.75 Å². The lowest BCUT2D eigenvalue weighted by Gasteiger charge is -2.21. The van der Waals surface area contributed by atoms with Gasteiger partial charge in [0.15, 0.2) is 0 Å². The Labute approximate surface area is 113 Å². The number of benzene rings is 1. The number of ether oxygens (including phenoxy) is 1. The molecule has 1 saturated heterocycles. The summed E-state index contributed by atoms with van der Waals surface area (Å²) in [7, 11) is 1.62. The summed E-state index contributed by atoms with van der Waals surface area (Å²) in [5, 5.41) is 9.16. The molecule has 0 aliphatic carbocycles. The third kappa shape index (κ3) is 3.05. The van der Waals surface area contributed by atoms with Crippen molar-refractivity contribution in [2.75, 3.05) is 13.7 Å². The molecule has 1 heterocycles. The first kappa shape index (κ1) is 13.8. The Bertz CT molecular complexity index is 462. The Morgan fingerprint density at radius 1 is 1.58 bits per heavy atom. The minimum Gasteiger partial charge on any atom is -0.496 e. The van der Waals surface area contributed by atoms with Crippen LogP contribution < -0.4 is 10.5 Å². The zero-order valence-corrected chi connectivity index (χ0v) is 11.1. The first-order valence-electron chi connectivity index (χ1n) is 6.48. The third-order valence-corrected chi connectivity index (χ3v) is 3.61. The molecule has 0 saturated carbocycles. The highest BCUT2D eigenvalue weighted by Gasteiger charge is 2.30.